The van der Waals surface area contributed by atoms with Crippen LogP contribution in [-0.4, -0.2) is 17.4 Å². The van der Waals surface area contributed by atoms with E-state index in [1.807, 2.05) is 12.1 Å². The van der Waals surface area contributed by atoms with Crippen molar-refractivity contribution in [2.75, 3.05) is 0 Å². The van der Waals surface area contributed by atoms with Gasteiger partial charge < -0.3 is 9.84 Å². The summed E-state index contributed by atoms with van der Waals surface area (Å²) in [6, 6.07) is 14.1. The molecule has 0 fully saturated rings. The van der Waals surface area contributed by atoms with Crippen molar-refractivity contribution in [2.24, 2.45) is 0 Å². The summed E-state index contributed by atoms with van der Waals surface area (Å²) in [7, 11) is 0. The van der Waals surface area contributed by atoms with Gasteiger partial charge in [-0.2, -0.15) is 0 Å². The fraction of sp³-hybridized carbons (Fsp3) is 0.125. The van der Waals surface area contributed by atoms with Gasteiger partial charge in [-0.3, -0.25) is 9.59 Å². The monoisotopic (exact) mass is 270 g/mol. The number of aldehydes is 1. The predicted octanol–water partition coefficient (Wildman–Crippen LogP) is 2.71. The van der Waals surface area contributed by atoms with Gasteiger partial charge >= 0.3 is 5.97 Å². The van der Waals surface area contributed by atoms with E-state index in [2.05, 4.69) is 0 Å². The van der Waals surface area contributed by atoms with Crippen LogP contribution in [-0.2, 0) is 17.8 Å². The van der Waals surface area contributed by atoms with Crippen LogP contribution in [0.1, 0.15) is 21.5 Å². The number of hydrogen-bond acceptors (Lipinski definition) is 3. The molecule has 2 rings (SSSR count). The summed E-state index contributed by atoms with van der Waals surface area (Å²) in [5, 5.41) is 8.67. The van der Waals surface area contributed by atoms with Gasteiger partial charge in [0.05, 0.1) is 6.42 Å². The Kier molecular flexibility index (Phi) is 4.50. The zero-order valence-electron chi connectivity index (χ0n) is 10.8. The summed E-state index contributed by atoms with van der Waals surface area (Å²) >= 11 is 0. The molecule has 0 spiro atoms. The van der Waals surface area contributed by atoms with E-state index < -0.39 is 5.97 Å². The fourth-order valence-electron chi connectivity index (χ4n) is 1.74. The molecule has 0 radical (unpaired) electrons. The van der Waals surface area contributed by atoms with Crippen molar-refractivity contribution in [1.82, 2.24) is 0 Å². The second-order valence-corrected chi connectivity index (χ2v) is 4.36. The van der Waals surface area contributed by atoms with E-state index in [1.54, 1.807) is 36.4 Å². The molecule has 1 N–H and O–H groups in total. The fourth-order valence-corrected chi connectivity index (χ4v) is 1.74. The largest absolute Gasteiger partial charge is 0.489 e. The molecule has 20 heavy (non-hydrogen) atoms. The minimum absolute atomic E-state index is 0.00738. The minimum atomic E-state index is -0.853. The highest BCUT2D eigenvalue weighted by molar-refractivity contribution is 5.74. The van der Waals surface area contributed by atoms with Crippen LogP contribution in [0.3, 0.4) is 0 Å². The van der Waals surface area contributed by atoms with Crippen molar-refractivity contribution in [3.05, 3.63) is 65.2 Å². The Morgan fingerprint density at radius 2 is 1.60 bits per heavy atom. The van der Waals surface area contributed by atoms with Gasteiger partial charge in [-0.05, 0) is 23.3 Å². The molecule has 0 aliphatic heterocycles. The number of rotatable bonds is 6. The van der Waals surface area contributed by atoms with Gasteiger partial charge in [-0.15, -0.1) is 0 Å². The zero-order valence-corrected chi connectivity index (χ0v) is 10.8. The molecule has 0 bridgehead atoms. The van der Waals surface area contributed by atoms with Crippen LogP contribution >= 0.6 is 0 Å². The Morgan fingerprint density at radius 1 is 1.00 bits per heavy atom. The van der Waals surface area contributed by atoms with Crippen molar-refractivity contribution in [2.45, 2.75) is 13.0 Å². The smallest absolute Gasteiger partial charge is 0.307 e. The van der Waals surface area contributed by atoms with Crippen LogP contribution in [0.4, 0.5) is 0 Å². The predicted molar refractivity (Wildman–Crippen MR) is 73.9 cm³/mol. The highest BCUT2D eigenvalue weighted by atomic mass is 16.5. The van der Waals surface area contributed by atoms with Crippen molar-refractivity contribution < 1.29 is 19.4 Å². The lowest BCUT2D eigenvalue weighted by atomic mass is 10.1. The number of carbonyl (C=O) groups is 2. The first-order chi connectivity index (χ1) is 9.67. The quantitative estimate of drug-likeness (QED) is 0.820. The number of hydrogen-bond donors (Lipinski definition) is 1. The molecular weight excluding hydrogens is 256 g/mol. The average molecular weight is 270 g/mol. The third-order valence-electron chi connectivity index (χ3n) is 2.80. The molecule has 2 aromatic rings. The first-order valence-corrected chi connectivity index (χ1v) is 6.15. The maximum absolute atomic E-state index is 10.6. The van der Waals surface area contributed by atoms with Gasteiger partial charge in [-0.25, -0.2) is 0 Å². The normalized spacial score (nSPS) is 10.0. The standard InChI is InChI=1S/C16H14O4/c17-10-13-1-3-14(4-2-13)11-20-15-7-5-12(6-8-15)9-16(18)19/h1-8,10H,9,11H2,(H,18,19). The Balaban J connectivity index is 1.92. The van der Waals surface area contributed by atoms with Gasteiger partial charge in [-0.1, -0.05) is 36.4 Å². The molecule has 0 saturated heterocycles. The molecular formula is C16H14O4. The second-order valence-electron chi connectivity index (χ2n) is 4.36. The van der Waals surface area contributed by atoms with E-state index in [1.165, 1.54) is 0 Å². The van der Waals surface area contributed by atoms with Crippen LogP contribution in [0, 0.1) is 0 Å². The summed E-state index contributed by atoms with van der Waals surface area (Å²) < 4.78 is 5.59. The number of benzene rings is 2. The Hall–Kier alpha value is -2.62. The SMILES string of the molecule is O=Cc1ccc(COc2ccc(CC(=O)O)cc2)cc1. The third-order valence-corrected chi connectivity index (χ3v) is 2.80. The van der Waals surface area contributed by atoms with Crippen LogP contribution in [0.15, 0.2) is 48.5 Å². The molecule has 4 nitrogen and oxygen atoms in total. The van der Waals surface area contributed by atoms with Crippen LogP contribution in [0.5, 0.6) is 5.75 Å². The van der Waals surface area contributed by atoms with Crippen molar-refractivity contribution in [3.8, 4) is 5.75 Å². The molecule has 0 saturated carbocycles. The molecule has 2 aromatic carbocycles. The molecule has 0 unspecified atom stereocenters. The summed E-state index contributed by atoms with van der Waals surface area (Å²) in [6.07, 6.45) is 0.805. The molecule has 0 amide bonds. The number of aliphatic carboxylic acids is 1. The van der Waals surface area contributed by atoms with Crippen molar-refractivity contribution in [1.29, 1.82) is 0 Å². The first-order valence-electron chi connectivity index (χ1n) is 6.15. The van der Waals surface area contributed by atoms with Gasteiger partial charge in [0.2, 0.25) is 0 Å². The van der Waals surface area contributed by atoms with E-state index >= 15 is 0 Å². The Bertz CT molecular complexity index is 585. The topological polar surface area (TPSA) is 63.6 Å². The number of carboxylic acids is 1. The summed E-state index contributed by atoms with van der Waals surface area (Å²) in [6.45, 7) is 0.400. The molecule has 0 atom stereocenters. The van der Waals surface area contributed by atoms with E-state index in [0.717, 1.165) is 17.4 Å². The lowest BCUT2D eigenvalue weighted by Gasteiger charge is -2.07. The van der Waals surface area contributed by atoms with E-state index in [4.69, 9.17) is 9.84 Å². The number of carboxylic acid groups (broad SMARTS) is 1. The lowest BCUT2D eigenvalue weighted by molar-refractivity contribution is -0.136. The zero-order chi connectivity index (χ0) is 14.4. The van der Waals surface area contributed by atoms with Gasteiger partial charge in [0.15, 0.2) is 0 Å². The maximum Gasteiger partial charge on any atom is 0.307 e. The van der Waals surface area contributed by atoms with E-state index in [-0.39, 0.29) is 6.42 Å². The molecule has 4 heteroatoms. The Morgan fingerprint density at radius 3 is 2.15 bits per heavy atom. The minimum Gasteiger partial charge on any atom is -0.489 e. The first kappa shape index (κ1) is 13.8. The summed E-state index contributed by atoms with van der Waals surface area (Å²) in [4.78, 5) is 21.1. The van der Waals surface area contributed by atoms with Crippen molar-refractivity contribution in [3.63, 3.8) is 0 Å². The average Bonchev–Trinajstić information content (AvgIpc) is 2.46. The number of carbonyl (C=O) groups excluding carboxylic acids is 1. The summed E-state index contributed by atoms with van der Waals surface area (Å²) in [5.41, 5.74) is 2.33. The van der Waals surface area contributed by atoms with Crippen LogP contribution < -0.4 is 4.74 Å². The second kappa shape index (κ2) is 6.52. The highest BCUT2D eigenvalue weighted by Gasteiger charge is 2.01. The van der Waals surface area contributed by atoms with Crippen molar-refractivity contribution >= 4 is 12.3 Å². The third kappa shape index (κ3) is 3.95. The molecule has 102 valence electrons. The lowest BCUT2D eigenvalue weighted by Crippen LogP contribution is -2.00. The molecule has 0 aromatic heterocycles. The summed E-state index contributed by atoms with van der Waals surface area (Å²) in [5.74, 6) is -0.174. The van der Waals surface area contributed by atoms with Gasteiger partial charge in [0, 0.05) is 5.56 Å². The number of ether oxygens (including phenoxy) is 1. The van der Waals surface area contributed by atoms with E-state index in [0.29, 0.717) is 17.9 Å². The van der Waals surface area contributed by atoms with Crippen LogP contribution in [0.25, 0.3) is 0 Å². The molecule has 0 aliphatic rings. The van der Waals surface area contributed by atoms with Gasteiger partial charge in [0.25, 0.3) is 0 Å². The Labute approximate surface area is 116 Å². The van der Waals surface area contributed by atoms with E-state index in [9.17, 15) is 9.59 Å². The molecule has 0 aliphatic carbocycles. The van der Waals surface area contributed by atoms with Crippen LogP contribution in [0.2, 0.25) is 0 Å². The maximum atomic E-state index is 10.6. The highest BCUT2D eigenvalue weighted by Crippen LogP contribution is 2.15. The van der Waals surface area contributed by atoms with Gasteiger partial charge in [0.1, 0.15) is 18.6 Å². The molecule has 0 heterocycles.